The third kappa shape index (κ3) is 53.8. The number of ether oxygens (including phenoxy) is 3. The normalized spacial score (nSPS) is 13.4. The average Bonchev–Trinajstić information content (AvgIpc) is 3.35. The lowest BCUT2D eigenvalue weighted by molar-refractivity contribution is -0.167. The van der Waals surface area contributed by atoms with Gasteiger partial charge in [-0.2, -0.15) is 0 Å². The van der Waals surface area contributed by atoms with Gasteiger partial charge in [0.25, 0.3) is 0 Å². The van der Waals surface area contributed by atoms with Gasteiger partial charge in [-0.15, -0.1) is 0 Å². The van der Waals surface area contributed by atoms with E-state index in [1.54, 1.807) is 0 Å². The first-order chi connectivity index (χ1) is 34.0. The van der Waals surface area contributed by atoms with Crippen LogP contribution in [0.3, 0.4) is 0 Å². The smallest absolute Gasteiger partial charge is 0.306 e. The van der Waals surface area contributed by atoms with Crippen molar-refractivity contribution in [1.82, 2.24) is 0 Å². The summed E-state index contributed by atoms with van der Waals surface area (Å²) in [4.78, 5) is 38.1. The molecule has 0 N–H and O–H groups in total. The molecule has 0 aromatic rings. The van der Waals surface area contributed by atoms with Crippen molar-refractivity contribution in [3.05, 3.63) is 158 Å². The highest BCUT2D eigenvalue weighted by Gasteiger charge is 2.19. The van der Waals surface area contributed by atoms with Gasteiger partial charge in [-0.1, -0.05) is 256 Å². The van der Waals surface area contributed by atoms with Gasteiger partial charge in [0, 0.05) is 19.3 Å². The Labute approximate surface area is 422 Å². The maximum Gasteiger partial charge on any atom is 0.306 e. The summed E-state index contributed by atoms with van der Waals surface area (Å²) in [7, 11) is 0. The van der Waals surface area contributed by atoms with Gasteiger partial charge in [0.1, 0.15) is 13.2 Å². The number of hydrogen-bond donors (Lipinski definition) is 0. The molecule has 0 bridgehead atoms. The lowest BCUT2D eigenvalue weighted by Gasteiger charge is -2.18. The van der Waals surface area contributed by atoms with Crippen LogP contribution < -0.4 is 0 Å². The van der Waals surface area contributed by atoms with Gasteiger partial charge in [-0.05, 0) is 83.5 Å². The highest BCUT2D eigenvalue weighted by Crippen LogP contribution is 2.14. The second kappa shape index (κ2) is 55.6. The lowest BCUT2D eigenvalue weighted by Crippen LogP contribution is -2.30. The molecule has 0 aliphatic rings. The summed E-state index contributed by atoms with van der Waals surface area (Å²) in [5.41, 5.74) is 0. The fourth-order valence-electron chi connectivity index (χ4n) is 6.78. The van der Waals surface area contributed by atoms with Crippen LogP contribution >= 0.6 is 0 Å². The molecule has 6 heteroatoms. The van der Waals surface area contributed by atoms with Crippen molar-refractivity contribution in [2.24, 2.45) is 0 Å². The molecule has 0 aliphatic heterocycles. The topological polar surface area (TPSA) is 78.9 Å². The largest absolute Gasteiger partial charge is 0.462 e. The van der Waals surface area contributed by atoms with Crippen molar-refractivity contribution in [3.8, 4) is 0 Å². The minimum absolute atomic E-state index is 0.122. The number of allylic oxidation sites excluding steroid dienone is 26. The summed E-state index contributed by atoms with van der Waals surface area (Å²) in [5.74, 6) is -1.02. The minimum atomic E-state index is -0.824. The maximum absolute atomic E-state index is 12.8. The van der Waals surface area contributed by atoms with Crippen molar-refractivity contribution in [2.45, 2.75) is 207 Å². The lowest BCUT2D eigenvalue weighted by atomic mass is 10.1. The van der Waals surface area contributed by atoms with E-state index in [-0.39, 0.29) is 37.5 Å². The molecule has 0 rings (SSSR count). The number of rotatable bonds is 46. The van der Waals surface area contributed by atoms with E-state index in [1.807, 2.05) is 109 Å². The van der Waals surface area contributed by atoms with E-state index in [0.29, 0.717) is 19.3 Å². The Balaban J connectivity index is 4.56. The zero-order chi connectivity index (χ0) is 50.0. The molecule has 0 saturated carbocycles. The Hall–Kier alpha value is -4.97. The molecule has 0 fully saturated rings. The fourth-order valence-corrected chi connectivity index (χ4v) is 6.78. The molecule has 0 aromatic heterocycles. The molecule has 0 spiro atoms. The summed E-state index contributed by atoms with van der Waals surface area (Å²) < 4.78 is 16.8. The summed E-state index contributed by atoms with van der Waals surface area (Å²) in [5, 5.41) is 0. The van der Waals surface area contributed by atoms with E-state index in [4.69, 9.17) is 14.2 Å². The molecule has 0 amide bonds. The molecule has 0 saturated heterocycles. The minimum Gasteiger partial charge on any atom is -0.462 e. The Morgan fingerprint density at radius 1 is 0.304 bits per heavy atom. The van der Waals surface area contributed by atoms with Crippen LogP contribution in [0.4, 0.5) is 0 Å². The molecule has 0 heterocycles. The van der Waals surface area contributed by atoms with E-state index in [1.165, 1.54) is 77.0 Å². The van der Waals surface area contributed by atoms with Crippen LogP contribution in [0.5, 0.6) is 0 Å². The van der Waals surface area contributed by atoms with Crippen LogP contribution in [0.15, 0.2) is 158 Å². The van der Waals surface area contributed by atoms with Crippen molar-refractivity contribution in [1.29, 1.82) is 0 Å². The zero-order valence-electron chi connectivity index (χ0n) is 43.8. The highest BCUT2D eigenvalue weighted by atomic mass is 16.6. The van der Waals surface area contributed by atoms with Gasteiger partial charge >= 0.3 is 17.9 Å². The first kappa shape index (κ1) is 64.0. The van der Waals surface area contributed by atoms with Crippen LogP contribution in [0.1, 0.15) is 201 Å². The number of carbonyl (C=O) groups is 3. The van der Waals surface area contributed by atoms with E-state index in [9.17, 15) is 14.4 Å². The number of esters is 3. The van der Waals surface area contributed by atoms with E-state index in [2.05, 4.69) is 69.4 Å². The van der Waals surface area contributed by atoms with Gasteiger partial charge in [-0.3, -0.25) is 14.4 Å². The molecule has 0 radical (unpaired) electrons. The number of unbranched alkanes of at least 4 members (excludes halogenated alkanes) is 19. The van der Waals surface area contributed by atoms with Crippen LogP contribution in [-0.2, 0) is 28.6 Å². The second-order valence-corrected chi connectivity index (χ2v) is 17.3. The van der Waals surface area contributed by atoms with Crippen LogP contribution in [0.25, 0.3) is 0 Å². The molecule has 384 valence electrons. The molecule has 1 atom stereocenters. The second-order valence-electron chi connectivity index (χ2n) is 17.3. The predicted molar refractivity (Wildman–Crippen MR) is 297 cm³/mol. The molecular formula is C63H96O6. The molecule has 1 unspecified atom stereocenters. The quantitative estimate of drug-likeness (QED) is 0.0262. The highest BCUT2D eigenvalue weighted by molar-refractivity contribution is 5.71. The van der Waals surface area contributed by atoms with Gasteiger partial charge < -0.3 is 14.2 Å². The predicted octanol–water partition coefficient (Wildman–Crippen LogP) is 18.2. The Morgan fingerprint density at radius 3 is 0.913 bits per heavy atom. The van der Waals surface area contributed by atoms with Gasteiger partial charge in [0.05, 0.1) is 0 Å². The molecule has 0 aliphatic carbocycles. The van der Waals surface area contributed by atoms with E-state index in [0.717, 1.165) is 77.0 Å². The molecule has 6 nitrogen and oxygen atoms in total. The Kier molecular flexibility index (Phi) is 51.6. The number of hydrogen-bond acceptors (Lipinski definition) is 6. The van der Waals surface area contributed by atoms with Crippen LogP contribution in [0.2, 0.25) is 0 Å². The Morgan fingerprint density at radius 2 is 0.565 bits per heavy atom. The number of carbonyl (C=O) groups excluding carboxylic acids is 3. The summed E-state index contributed by atoms with van der Waals surface area (Å²) in [6.45, 7) is 6.23. The van der Waals surface area contributed by atoms with Crippen LogP contribution in [0, 0.1) is 0 Å². The van der Waals surface area contributed by atoms with Crippen molar-refractivity contribution < 1.29 is 28.6 Å². The van der Waals surface area contributed by atoms with Gasteiger partial charge in [0.2, 0.25) is 0 Å². The van der Waals surface area contributed by atoms with Gasteiger partial charge in [-0.25, -0.2) is 0 Å². The SMILES string of the molecule is CC/C=C/C=C/C=C/C=C/C=C/C=C/C=C/CCCCCC(=O)OCC(COC(=O)CCCCC/C=C/C=C/C=C/C=C/CC)OC(=O)CCCCCCCCCCCC/C=C/C=C/CCCCC. The zero-order valence-corrected chi connectivity index (χ0v) is 43.8. The fraction of sp³-hybridized carbons (Fsp3) is 0.540. The molecular weight excluding hydrogens is 853 g/mol. The Bertz CT molecular complexity index is 1610. The van der Waals surface area contributed by atoms with Crippen molar-refractivity contribution in [3.63, 3.8) is 0 Å². The maximum atomic E-state index is 12.8. The van der Waals surface area contributed by atoms with E-state index >= 15 is 0 Å². The molecule has 0 aromatic carbocycles. The standard InChI is InChI=1S/C63H96O6/c1-4-7-10-13-16-19-22-25-27-29-31-33-35-38-41-44-47-50-53-56-62(65)68-59-60(58-67-61(64)55-52-49-46-43-40-37-24-21-18-15-12-9-6-3)69-63(66)57-54-51-48-45-42-39-36-34-32-30-28-26-23-20-17-14-11-8-5-2/h7,9-10,12-13,15-27,29,31,33,35,37-38,40-41,60H,4-6,8,11,14,28,30,32,34,36,39,42-59H2,1-3H3/b10-7+,12-9+,16-13+,18-15+,20-17+,22-19+,24-21+,26-23+,27-25+,31-29+,35-33+,40-37+,41-38+. The average molecular weight is 949 g/mol. The van der Waals surface area contributed by atoms with Crippen LogP contribution in [-0.4, -0.2) is 37.2 Å². The van der Waals surface area contributed by atoms with Crippen molar-refractivity contribution >= 4 is 17.9 Å². The van der Waals surface area contributed by atoms with E-state index < -0.39 is 6.10 Å². The first-order valence-electron chi connectivity index (χ1n) is 27.2. The monoisotopic (exact) mass is 949 g/mol. The van der Waals surface area contributed by atoms with Crippen molar-refractivity contribution in [2.75, 3.05) is 13.2 Å². The third-order valence-electron chi connectivity index (χ3n) is 10.8. The van der Waals surface area contributed by atoms with Gasteiger partial charge in [0.15, 0.2) is 6.10 Å². The molecule has 69 heavy (non-hydrogen) atoms. The summed E-state index contributed by atoms with van der Waals surface area (Å²) in [6.07, 6.45) is 80.8. The summed E-state index contributed by atoms with van der Waals surface area (Å²) >= 11 is 0. The third-order valence-corrected chi connectivity index (χ3v) is 10.8. The first-order valence-corrected chi connectivity index (χ1v) is 27.2. The summed E-state index contributed by atoms with van der Waals surface area (Å²) in [6, 6.07) is 0.